The van der Waals surface area contributed by atoms with Crippen molar-refractivity contribution in [1.82, 2.24) is 0 Å². The van der Waals surface area contributed by atoms with E-state index in [0.717, 1.165) is 0 Å². The van der Waals surface area contributed by atoms with Crippen LogP contribution in [0.25, 0.3) is 0 Å². The molecule has 0 atom stereocenters. The van der Waals surface area contributed by atoms with E-state index in [4.69, 9.17) is 0 Å². The molecule has 0 aliphatic heterocycles. The van der Waals surface area contributed by atoms with E-state index in [-0.39, 0.29) is 0 Å². The Kier molecular flexibility index (Phi) is 17.1. The Bertz CT molecular complexity index is 157. The van der Waals surface area contributed by atoms with Gasteiger partial charge in [-0.1, -0.05) is 104 Å². The highest BCUT2D eigenvalue weighted by Crippen LogP contribution is 2.20. The maximum Gasteiger partial charge on any atom is -0.0246 e. The van der Waals surface area contributed by atoms with Crippen LogP contribution < -0.4 is 0 Å². The fourth-order valence-corrected chi connectivity index (χ4v) is 3.00. The van der Waals surface area contributed by atoms with Gasteiger partial charge in [-0.25, -0.2) is 0 Å². The minimum Gasteiger partial charge on any atom is -0.0654 e. The van der Waals surface area contributed by atoms with Crippen molar-refractivity contribution < 1.29 is 0 Å². The van der Waals surface area contributed by atoms with Gasteiger partial charge in [-0.05, 0) is 25.2 Å². The van der Waals surface area contributed by atoms with E-state index >= 15 is 0 Å². The van der Waals surface area contributed by atoms with E-state index in [9.17, 15) is 0 Å². The molecular formula is C20H41. The minimum absolute atomic E-state index is 1.30. The van der Waals surface area contributed by atoms with Crippen molar-refractivity contribution in [2.45, 2.75) is 124 Å². The van der Waals surface area contributed by atoms with Crippen LogP contribution in [0.5, 0.6) is 0 Å². The summed E-state index contributed by atoms with van der Waals surface area (Å²) in [5.41, 5.74) is 0. The third-order valence-electron chi connectivity index (χ3n) is 4.63. The average Bonchev–Trinajstić information content (AvgIpc) is 2.48. The smallest absolute Gasteiger partial charge is 0.0246 e. The van der Waals surface area contributed by atoms with E-state index in [1.165, 1.54) is 103 Å². The van der Waals surface area contributed by atoms with Gasteiger partial charge in [0.25, 0.3) is 0 Å². The van der Waals surface area contributed by atoms with Gasteiger partial charge >= 0.3 is 0 Å². The molecule has 0 heterocycles. The van der Waals surface area contributed by atoms with Gasteiger partial charge in [-0.2, -0.15) is 0 Å². The van der Waals surface area contributed by atoms with Crippen LogP contribution in [0.1, 0.15) is 124 Å². The van der Waals surface area contributed by atoms with Gasteiger partial charge in [0.2, 0.25) is 0 Å². The summed E-state index contributed by atoms with van der Waals surface area (Å²) in [4.78, 5) is 0. The van der Waals surface area contributed by atoms with Gasteiger partial charge in [0.1, 0.15) is 0 Å². The molecule has 20 heavy (non-hydrogen) atoms. The van der Waals surface area contributed by atoms with Crippen molar-refractivity contribution in [3.05, 3.63) is 5.92 Å². The SMILES string of the molecule is CCCCCCCCCCCCCCC[C](CC)CC. The zero-order valence-electron chi connectivity index (χ0n) is 14.8. The second-order valence-corrected chi connectivity index (χ2v) is 6.45. The summed E-state index contributed by atoms with van der Waals surface area (Å²) in [5.74, 6) is 1.77. The summed E-state index contributed by atoms with van der Waals surface area (Å²) in [6.45, 7) is 6.91. The molecule has 0 saturated carbocycles. The first kappa shape index (κ1) is 20.0. The van der Waals surface area contributed by atoms with Gasteiger partial charge in [0.15, 0.2) is 0 Å². The predicted octanol–water partition coefficient (Wildman–Crippen LogP) is 7.86. The molecule has 0 heteroatoms. The number of hydrogen-bond donors (Lipinski definition) is 0. The summed E-state index contributed by atoms with van der Waals surface area (Å²) >= 11 is 0. The van der Waals surface area contributed by atoms with Gasteiger partial charge in [0.05, 0.1) is 0 Å². The Morgan fingerprint density at radius 2 is 0.800 bits per heavy atom. The minimum atomic E-state index is 1.30. The lowest BCUT2D eigenvalue weighted by molar-refractivity contribution is 0.532. The monoisotopic (exact) mass is 281 g/mol. The molecular weight excluding hydrogens is 240 g/mol. The first-order valence-corrected chi connectivity index (χ1v) is 9.68. The molecule has 0 nitrogen and oxygen atoms in total. The van der Waals surface area contributed by atoms with Crippen LogP contribution in [-0.2, 0) is 0 Å². The second-order valence-electron chi connectivity index (χ2n) is 6.45. The number of unbranched alkanes of at least 4 members (excludes halogenated alkanes) is 12. The van der Waals surface area contributed by atoms with Crippen LogP contribution in [-0.4, -0.2) is 0 Å². The lowest BCUT2D eigenvalue weighted by Gasteiger charge is -2.10. The van der Waals surface area contributed by atoms with Crippen LogP contribution >= 0.6 is 0 Å². The average molecular weight is 282 g/mol. The lowest BCUT2D eigenvalue weighted by atomic mass is 9.95. The quantitative estimate of drug-likeness (QED) is 0.252. The molecule has 0 fully saturated rings. The van der Waals surface area contributed by atoms with Gasteiger partial charge in [-0.3, -0.25) is 0 Å². The molecule has 0 spiro atoms. The highest BCUT2D eigenvalue weighted by molar-refractivity contribution is 4.85. The fourth-order valence-electron chi connectivity index (χ4n) is 3.00. The van der Waals surface area contributed by atoms with E-state index in [1.807, 2.05) is 0 Å². The molecule has 121 valence electrons. The zero-order valence-corrected chi connectivity index (χ0v) is 14.8. The molecule has 1 radical (unpaired) electrons. The van der Waals surface area contributed by atoms with Crippen LogP contribution in [0.3, 0.4) is 0 Å². The van der Waals surface area contributed by atoms with E-state index < -0.39 is 0 Å². The van der Waals surface area contributed by atoms with E-state index in [2.05, 4.69) is 20.8 Å². The molecule has 0 aliphatic carbocycles. The van der Waals surface area contributed by atoms with Crippen LogP contribution in [0.15, 0.2) is 0 Å². The highest BCUT2D eigenvalue weighted by Gasteiger charge is 2.02. The summed E-state index contributed by atoms with van der Waals surface area (Å²) in [5, 5.41) is 0. The highest BCUT2D eigenvalue weighted by atomic mass is 14.1. The third-order valence-corrected chi connectivity index (χ3v) is 4.63. The van der Waals surface area contributed by atoms with Crippen LogP contribution in [0.2, 0.25) is 0 Å². The second kappa shape index (κ2) is 17.1. The molecule has 0 rings (SSSR count). The van der Waals surface area contributed by atoms with Crippen molar-refractivity contribution in [1.29, 1.82) is 0 Å². The number of rotatable bonds is 16. The van der Waals surface area contributed by atoms with E-state index in [0.29, 0.717) is 0 Å². The summed E-state index contributed by atoms with van der Waals surface area (Å²) in [6, 6.07) is 0. The normalized spacial score (nSPS) is 11.4. The Balaban J connectivity index is 3.02. The fraction of sp³-hybridized carbons (Fsp3) is 0.950. The first-order valence-electron chi connectivity index (χ1n) is 9.68. The first-order chi connectivity index (χ1) is 9.85. The maximum atomic E-state index is 2.31. The summed E-state index contributed by atoms with van der Waals surface area (Å²) in [6.07, 6.45) is 23.0. The molecule has 0 unspecified atom stereocenters. The molecule has 0 aliphatic rings. The molecule has 0 bridgehead atoms. The largest absolute Gasteiger partial charge is 0.0654 e. The molecule has 0 aromatic rings. The summed E-state index contributed by atoms with van der Waals surface area (Å²) < 4.78 is 0. The predicted molar refractivity (Wildman–Crippen MR) is 94.1 cm³/mol. The molecule has 0 amide bonds. The van der Waals surface area contributed by atoms with Gasteiger partial charge in [-0.15, -0.1) is 0 Å². The Labute approximate surface area is 130 Å². The Morgan fingerprint density at radius 1 is 0.450 bits per heavy atom. The van der Waals surface area contributed by atoms with E-state index in [1.54, 1.807) is 5.92 Å². The van der Waals surface area contributed by atoms with Crippen molar-refractivity contribution in [3.63, 3.8) is 0 Å². The Morgan fingerprint density at radius 3 is 1.15 bits per heavy atom. The van der Waals surface area contributed by atoms with Crippen molar-refractivity contribution in [2.75, 3.05) is 0 Å². The van der Waals surface area contributed by atoms with Crippen LogP contribution in [0.4, 0.5) is 0 Å². The van der Waals surface area contributed by atoms with Gasteiger partial charge < -0.3 is 0 Å². The molecule has 0 saturated heterocycles. The van der Waals surface area contributed by atoms with Crippen LogP contribution in [0, 0.1) is 5.92 Å². The molecule has 0 N–H and O–H groups in total. The lowest BCUT2D eigenvalue weighted by Crippen LogP contribution is -1.93. The third kappa shape index (κ3) is 14.4. The van der Waals surface area contributed by atoms with Crippen molar-refractivity contribution >= 4 is 0 Å². The van der Waals surface area contributed by atoms with Crippen molar-refractivity contribution in [3.8, 4) is 0 Å². The number of hydrogen-bond acceptors (Lipinski definition) is 0. The topological polar surface area (TPSA) is 0 Å². The zero-order chi connectivity index (χ0) is 14.9. The standard InChI is InChI=1S/C20H41/c1-4-7-8-9-10-11-12-13-14-15-16-17-18-19-20(5-2)6-3/h4-19H2,1-3H3. The maximum absolute atomic E-state index is 2.31. The summed E-state index contributed by atoms with van der Waals surface area (Å²) in [7, 11) is 0. The van der Waals surface area contributed by atoms with Gasteiger partial charge in [0, 0.05) is 0 Å². The molecule has 0 aromatic carbocycles. The van der Waals surface area contributed by atoms with Crippen molar-refractivity contribution in [2.24, 2.45) is 0 Å². The Hall–Kier alpha value is 0. The molecule has 0 aromatic heterocycles.